The highest BCUT2D eigenvalue weighted by molar-refractivity contribution is 14.1. The minimum atomic E-state index is -4.84. The molecule has 0 aliphatic rings. The van der Waals surface area contributed by atoms with Gasteiger partial charge in [0.05, 0.1) is 12.5 Å². The van der Waals surface area contributed by atoms with Crippen LogP contribution in [0.15, 0.2) is 6.07 Å². The van der Waals surface area contributed by atoms with Crippen LogP contribution in [0.25, 0.3) is 0 Å². The summed E-state index contributed by atoms with van der Waals surface area (Å²) >= 11 is 7.36. The van der Waals surface area contributed by atoms with Gasteiger partial charge in [-0.1, -0.05) is 0 Å². The summed E-state index contributed by atoms with van der Waals surface area (Å²) in [6, 6.07) is 3.27. The van der Waals surface area contributed by atoms with Crippen molar-refractivity contribution in [3.8, 4) is 11.9 Å². The van der Waals surface area contributed by atoms with Gasteiger partial charge in [-0.15, -0.1) is 24.8 Å². The predicted molar refractivity (Wildman–Crippen MR) is 62.5 cm³/mol. The summed E-state index contributed by atoms with van der Waals surface area (Å²) in [5.41, 5.74) is 0.479. The van der Waals surface area contributed by atoms with E-state index in [0.29, 0.717) is 9.26 Å². The Hall–Kier alpha value is -0.750. The van der Waals surface area contributed by atoms with Gasteiger partial charge in [-0.05, 0) is 34.2 Å². The van der Waals surface area contributed by atoms with Crippen molar-refractivity contribution in [2.75, 3.05) is 0 Å². The van der Waals surface area contributed by atoms with E-state index in [-0.39, 0.29) is 17.9 Å². The number of halogens is 5. The third-order valence-electron chi connectivity index (χ3n) is 1.76. The summed E-state index contributed by atoms with van der Waals surface area (Å²) in [6.07, 6.45) is -5.08. The van der Waals surface area contributed by atoms with Crippen molar-refractivity contribution in [2.24, 2.45) is 0 Å². The lowest BCUT2D eigenvalue weighted by Crippen LogP contribution is -2.19. The molecule has 1 aromatic rings. The van der Waals surface area contributed by atoms with Crippen LogP contribution in [0.4, 0.5) is 13.2 Å². The van der Waals surface area contributed by atoms with Crippen LogP contribution in [0.5, 0.6) is 5.88 Å². The lowest BCUT2D eigenvalue weighted by atomic mass is 10.1. The van der Waals surface area contributed by atoms with E-state index in [2.05, 4.69) is 9.72 Å². The summed E-state index contributed by atoms with van der Waals surface area (Å²) < 4.78 is 40.5. The molecule has 0 amide bonds. The normalized spacial score (nSPS) is 11.1. The predicted octanol–water partition coefficient (Wildman–Crippen LogP) is 3.39. The Labute approximate surface area is 114 Å². The summed E-state index contributed by atoms with van der Waals surface area (Å²) in [7, 11) is 0. The molecule has 0 aliphatic heterocycles. The molecule has 1 heterocycles. The fraction of sp³-hybridized carbons (Fsp3) is 0.333. The molecule has 92 valence electrons. The third-order valence-corrected chi connectivity index (χ3v) is 2.60. The Morgan fingerprint density at radius 3 is 2.65 bits per heavy atom. The molecule has 0 spiro atoms. The zero-order valence-corrected chi connectivity index (χ0v) is 11.1. The van der Waals surface area contributed by atoms with Crippen molar-refractivity contribution >= 4 is 34.2 Å². The van der Waals surface area contributed by atoms with Gasteiger partial charge in [0.2, 0.25) is 5.88 Å². The van der Waals surface area contributed by atoms with E-state index >= 15 is 0 Å². The number of aromatic nitrogens is 1. The van der Waals surface area contributed by atoms with Crippen molar-refractivity contribution in [1.29, 1.82) is 5.26 Å². The van der Waals surface area contributed by atoms with E-state index < -0.39 is 12.2 Å². The number of pyridine rings is 1. The van der Waals surface area contributed by atoms with Gasteiger partial charge >= 0.3 is 6.36 Å². The molecule has 0 bridgehead atoms. The van der Waals surface area contributed by atoms with Gasteiger partial charge in [-0.2, -0.15) is 5.26 Å². The Bertz CT molecular complexity index is 459. The second-order valence-corrected chi connectivity index (χ2v) is 4.28. The third kappa shape index (κ3) is 4.20. The van der Waals surface area contributed by atoms with Gasteiger partial charge in [0.1, 0.15) is 3.70 Å². The largest absolute Gasteiger partial charge is 0.574 e. The lowest BCUT2D eigenvalue weighted by Gasteiger charge is -2.13. The van der Waals surface area contributed by atoms with Crippen molar-refractivity contribution in [2.45, 2.75) is 18.7 Å². The van der Waals surface area contributed by atoms with E-state index in [1.165, 1.54) is 6.07 Å². The Morgan fingerprint density at radius 2 is 2.18 bits per heavy atom. The van der Waals surface area contributed by atoms with Gasteiger partial charge in [-0.3, -0.25) is 0 Å². The van der Waals surface area contributed by atoms with Gasteiger partial charge in [0.25, 0.3) is 0 Å². The van der Waals surface area contributed by atoms with Crippen LogP contribution in [0, 0.1) is 15.0 Å². The number of nitrogens with zero attached hydrogens (tertiary/aromatic N) is 2. The van der Waals surface area contributed by atoms with Gasteiger partial charge in [0.15, 0.2) is 0 Å². The minimum absolute atomic E-state index is 0.0102. The molecule has 0 aliphatic carbocycles. The van der Waals surface area contributed by atoms with Gasteiger partial charge in [0, 0.05) is 11.4 Å². The second kappa shape index (κ2) is 5.73. The molecular formula is C9H5ClF3IN2O. The Morgan fingerprint density at radius 1 is 1.53 bits per heavy atom. The maximum atomic E-state index is 12.1. The first-order chi connectivity index (χ1) is 7.87. The SMILES string of the molecule is N#CCc1c(CCl)cc(I)nc1OC(F)(F)F. The molecule has 0 unspecified atom stereocenters. The van der Waals surface area contributed by atoms with Gasteiger partial charge < -0.3 is 4.74 Å². The number of nitriles is 1. The van der Waals surface area contributed by atoms with Gasteiger partial charge in [-0.25, -0.2) is 4.98 Å². The van der Waals surface area contributed by atoms with Crippen molar-refractivity contribution in [3.63, 3.8) is 0 Å². The highest BCUT2D eigenvalue weighted by Gasteiger charge is 2.33. The smallest absolute Gasteiger partial charge is 0.387 e. The average Bonchev–Trinajstić information content (AvgIpc) is 2.19. The fourth-order valence-corrected chi connectivity index (χ4v) is 1.98. The zero-order valence-electron chi connectivity index (χ0n) is 8.18. The van der Waals surface area contributed by atoms with Crippen molar-refractivity contribution in [1.82, 2.24) is 4.98 Å². The molecule has 0 fully saturated rings. The molecule has 0 saturated heterocycles. The number of alkyl halides is 4. The van der Waals surface area contributed by atoms with Crippen LogP contribution < -0.4 is 4.74 Å². The fourth-order valence-electron chi connectivity index (χ4n) is 1.15. The maximum Gasteiger partial charge on any atom is 0.574 e. The monoisotopic (exact) mass is 376 g/mol. The highest BCUT2D eigenvalue weighted by Crippen LogP contribution is 2.29. The first kappa shape index (κ1) is 14.3. The molecule has 0 N–H and O–H groups in total. The van der Waals surface area contributed by atoms with Crippen LogP contribution in [0.1, 0.15) is 11.1 Å². The molecule has 8 heteroatoms. The molecule has 1 rings (SSSR count). The summed E-state index contributed by atoms with van der Waals surface area (Å²) in [5.74, 6) is -0.620. The summed E-state index contributed by atoms with van der Waals surface area (Å²) in [6.45, 7) is 0. The van der Waals surface area contributed by atoms with Crippen LogP contribution in [0.3, 0.4) is 0 Å². The zero-order chi connectivity index (χ0) is 13.1. The van der Waals surface area contributed by atoms with E-state index in [1.807, 2.05) is 0 Å². The van der Waals surface area contributed by atoms with Crippen LogP contribution in [0.2, 0.25) is 0 Å². The number of hydrogen-bond acceptors (Lipinski definition) is 3. The Balaban J connectivity index is 3.26. The highest BCUT2D eigenvalue weighted by atomic mass is 127. The van der Waals surface area contributed by atoms with Crippen molar-refractivity contribution < 1.29 is 17.9 Å². The summed E-state index contributed by atoms with van der Waals surface area (Å²) in [4.78, 5) is 3.62. The first-order valence-electron chi connectivity index (χ1n) is 4.24. The quantitative estimate of drug-likeness (QED) is 0.461. The maximum absolute atomic E-state index is 12.1. The average molecular weight is 377 g/mol. The Kier molecular flexibility index (Phi) is 4.82. The van der Waals surface area contributed by atoms with E-state index in [1.54, 1.807) is 28.7 Å². The molecule has 17 heavy (non-hydrogen) atoms. The lowest BCUT2D eigenvalue weighted by molar-refractivity contribution is -0.276. The molecule has 0 saturated carbocycles. The van der Waals surface area contributed by atoms with Crippen LogP contribution >= 0.6 is 34.2 Å². The molecule has 0 aromatic carbocycles. The van der Waals surface area contributed by atoms with E-state index in [0.717, 1.165) is 0 Å². The number of hydrogen-bond donors (Lipinski definition) is 0. The standard InChI is InChI=1S/C9H5ClF3IN2O/c10-4-5-3-7(14)16-8(6(5)1-2-15)17-9(11,12)13/h3H,1,4H2. The summed E-state index contributed by atoms with van der Waals surface area (Å²) in [5, 5.41) is 8.57. The van der Waals surface area contributed by atoms with Crippen LogP contribution in [-0.4, -0.2) is 11.3 Å². The van der Waals surface area contributed by atoms with Crippen molar-refractivity contribution in [3.05, 3.63) is 20.9 Å². The van der Waals surface area contributed by atoms with E-state index in [4.69, 9.17) is 16.9 Å². The number of ether oxygens (including phenoxy) is 1. The first-order valence-corrected chi connectivity index (χ1v) is 5.85. The molecule has 0 atom stereocenters. The molecule has 0 radical (unpaired) electrons. The molecule has 1 aromatic heterocycles. The minimum Gasteiger partial charge on any atom is -0.387 e. The molecular weight excluding hydrogens is 371 g/mol. The second-order valence-electron chi connectivity index (χ2n) is 2.90. The van der Waals surface area contributed by atoms with Crippen LogP contribution in [-0.2, 0) is 12.3 Å². The molecule has 3 nitrogen and oxygen atoms in total. The number of rotatable bonds is 3. The topological polar surface area (TPSA) is 45.9 Å². The van der Waals surface area contributed by atoms with E-state index in [9.17, 15) is 13.2 Å².